The van der Waals surface area contributed by atoms with E-state index < -0.39 is 0 Å². The van der Waals surface area contributed by atoms with Gasteiger partial charge in [-0.1, -0.05) is 6.92 Å². The van der Waals surface area contributed by atoms with Crippen LogP contribution in [0.5, 0.6) is 0 Å². The van der Waals surface area contributed by atoms with E-state index in [-0.39, 0.29) is 0 Å². The number of nitrogens with zero attached hydrogens (tertiary/aromatic N) is 3. The third-order valence-corrected chi connectivity index (χ3v) is 3.65. The van der Waals surface area contributed by atoms with Crippen LogP contribution in [-0.2, 0) is 26.7 Å². The standard InChI is InChI=1S/C15H24N4/c1-5-8-19-9-6-7-14(19)10-16-11-15-12(2)17-18(4)13(15)3/h6-7,9,16H,5,8,10-11H2,1-4H3. The average molecular weight is 260 g/mol. The van der Waals surface area contributed by atoms with Crippen LogP contribution in [0.1, 0.15) is 36.0 Å². The Labute approximate surface area is 115 Å². The molecule has 4 heteroatoms. The predicted molar refractivity (Wildman–Crippen MR) is 77.9 cm³/mol. The van der Waals surface area contributed by atoms with E-state index >= 15 is 0 Å². The van der Waals surface area contributed by atoms with Crippen LogP contribution in [0.3, 0.4) is 0 Å². The molecule has 0 atom stereocenters. The second-order valence-electron chi connectivity index (χ2n) is 5.07. The highest BCUT2D eigenvalue weighted by Gasteiger charge is 2.08. The first-order valence-electron chi connectivity index (χ1n) is 6.97. The molecule has 4 nitrogen and oxygen atoms in total. The van der Waals surface area contributed by atoms with Gasteiger partial charge in [0.2, 0.25) is 0 Å². The summed E-state index contributed by atoms with van der Waals surface area (Å²) >= 11 is 0. The lowest BCUT2D eigenvalue weighted by atomic mass is 10.2. The topological polar surface area (TPSA) is 34.8 Å². The van der Waals surface area contributed by atoms with Crippen molar-refractivity contribution in [3.05, 3.63) is 41.0 Å². The Morgan fingerprint density at radius 1 is 1.26 bits per heavy atom. The van der Waals surface area contributed by atoms with Crippen LogP contribution < -0.4 is 5.32 Å². The molecule has 0 bridgehead atoms. The van der Waals surface area contributed by atoms with Gasteiger partial charge < -0.3 is 9.88 Å². The summed E-state index contributed by atoms with van der Waals surface area (Å²) in [6.45, 7) is 9.28. The highest BCUT2D eigenvalue weighted by Crippen LogP contribution is 2.11. The smallest absolute Gasteiger partial charge is 0.0641 e. The van der Waals surface area contributed by atoms with Crippen LogP contribution in [0, 0.1) is 13.8 Å². The highest BCUT2D eigenvalue weighted by molar-refractivity contribution is 5.24. The van der Waals surface area contributed by atoms with Gasteiger partial charge in [-0.15, -0.1) is 0 Å². The summed E-state index contributed by atoms with van der Waals surface area (Å²) in [4.78, 5) is 0. The van der Waals surface area contributed by atoms with E-state index in [0.29, 0.717) is 0 Å². The number of aromatic nitrogens is 3. The first-order valence-corrected chi connectivity index (χ1v) is 6.97. The molecule has 2 heterocycles. The van der Waals surface area contributed by atoms with Gasteiger partial charge >= 0.3 is 0 Å². The van der Waals surface area contributed by atoms with Gasteiger partial charge in [-0.25, -0.2) is 0 Å². The van der Waals surface area contributed by atoms with Crippen molar-refractivity contribution in [2.45, 2.75) is 46.8 Å². The van der Waals surface area contributed by atoms with E-state index in [1.807, 2.05) is 11.7 Å². The van der Waals surface area contributed by atoms with Crippen LogP contribution in [0.2, 0.25) is 0 Å². The first-order chi connectivity index (χ1) is 9.13. The van der Waals surface area contributed by atoms with Crippen molar-refractivity contribution in [3.63, 3.8) is 0 Å². The Bertz CT molecular complexity index is 536. The molecule has 104 valence electrons. The molecule has 0 fully saturated rings. The fraction of sp³-hybridized carbons (Fsp3) is 0.533. The molecule has 0 spiro atoms. The van der Waals surface area contributed by atoms with Gasteiger partial charge in [-0.3, -0.25) is 4.68 Å². The second kappa shape index (κ2) is 6.06. The SMILES string of the molecule is CCCn1cccc1CNCc1c(C)nn(C)c1C. The monoisotopic (exact) mass is 260 g/mol. The van der Waals surface area contributed by atoms with Crippen molar-refractivity contribution in [1.29, 1.82) is 0 Å². The minimum Gasteiger partial charge on any atom is -0.350 e. The number of nitrogens with one attached hydrogen (secondary N) is 1. The molecule has 0 unspecified atom stereocenters. The lowest BCUT2D eigenvalue weighted by Gasteiger charge is -2.09. The van der Waals surface area contributed by atoms with E-state index in [0.717, 1.165) is 25.3 Å². The molecule has 19 heavy (non-hydrogen) atoms. The van der Waals surface area contributed by atoms with Crippen molar-refractivity contribution in [2.24, 2.45) is 7.05 Å². The van der Waals surface area contributed by atoms with Gasteiger partial charge in [0.15, 0.2) is 0 Å². The van der Waals surface area contributed by atoms with Crippen LogP contribution >= 0.6 is 0 Å². The maximum Gasteiger partial charge on any atom is 0.0641 e. The third kappa shape index (κ3) is 3.07. The van der Waals surface area contributed by atoms with Crippen molar-refractivity contribution in [1.82, 2.24) is 19.7 Å². The number of aryl methyl sites for hydroxylation is 3. The number of hydrogen-bond acceptors (Lipinski definition) is 2. The normalized spacial score (nSPS) is 11.2. The fourth-order valence-corrected chi connectivity index (χ4v) is 2.46. The molecule has 0 radical (unpaired) electrons. The molecule has 2 rings (SSSR count). The minimum atomic E-state index is 0.878. The molecule has 0 amide bonds. The zero-order chi connectivity index (χ0) is 13.8. The average Bonchev–Trinajstić information content (AvgIpc) is 2.90. The summed E-state index contributed by atoms with van der Waals surface area (Å²) in [6, 6.07) is 4.30. The fourth-order valence-electron chi connectivity index (χ4n) is 2.46. The van der Waals surface area contributed by atoms with E-state index in [1.165, 1.54) is 23.4 Å². The quantitative estimate of drug-likeness (QED) is 0.866. The van der Waals surface area contributed by atoms with E-state index in [4.69, 9.17) is 0 Å². The molecule has 0 aliphatic rings. The summed E-state index contributed by atoms with van der Waals surface area (Å²) in [5.74, 6) is 0. The van der Waals surface area contributed by atoms with Gasteiger partial charge in [0.05, 0.1) is 5.69 Å². The minimum absolute atomic E-state index is 0.878. The Morgan fingerprint density at radius 2 is 2.05 bits per heavy atom. The molecule has 2 aromatic heterocycles. The van der Waals surface area contributed by atoms with Crippen molar-refractivity contribution in [2.75, 3.05) is 0 Å². The zero-order valence-corrected chi connectivity index (χ0v) is 12.4. The first kappa shape index (κ1) is 13.9. The van der Waals surface area contributed by atoms with Crippen molar-refractivity contribution >= 4 is 0 Å². The maximum atomic E-state index is 4.44. The summed E-state index contributed by atoms with van der Waals surface area (Å²) in [5.41, 5.74) is 5.03. The van der Waals surface area contributed by atoms with Crippen LogP contribution in [0.25, 0.3) is 0 Å². The van der Waals surface area contributed by atoms with E-state index in [2.05, 4.69) is 54.1 Å². The van der Waals surface area contributed by atoms with E-state index in [9.17, 15) is 0 Å². The Balaban J connectivity index is 1.94. The highest BCUT2D eigenvalue weighted by atomic mass is 15.3. The van der Waals surface area contributed by atoms with Crippen LogP contribution in [0.15, 0.2) is 18.3 Å². The van der Waals surface area contributed by atoms with Gasteiger partial charge in [0, 0.05) is 49.8 Å². The van der Waals surface area contributed by atoms with Gasteiger partial charge in [0.25, 0.3) is 0 Å². The van der Waals surface area contributed by atoms with E-state index in [1.54, 1.807) is 0 Å². The van der Waals surface area contributed by atoms with Gasteiger partial charge in [-0.05, 0) is 32.4 Å². The summed E-state index contributed by atoms with van der Waals surface area (Å²) in [6.07, 6.45) is 3.32. The number of hydrogen-bond donors (Lipinski definition) is 1. The van der Waals surface area contributed by atoms with Crippen LogP contribution in [-0.4, -0.2) is 14.3 Å². The molecular formula is C15H24N4. The molecule has 0 aliphatic heterocycles. The predicted octanol–water partition coefficient (Wildman–Crippen LogP) is 2.54. The third-order valence-electron chi connectivity index (χ3n) is 3.65. The van der Waals surface area contributed by atoms with Crippen molar-refractivity contribution in [3.8, 4) is 0 Å². The molecular weight excluding hydrogens is 236 g/mol. The summed E-state index contributed by atoms with van der Waals surface area (Å²) < 4.78 is 4.27. The summed E-state index contributed by atoms with van der Waals surface area (Å²) in [5, 5.41) is 7.97. The molecule has 0 aliphatic carbocycles. The maximum absolute atomic E-state index is 4.44. The molecule has 0 saturated heterocycles. The van der Waals surface area contributed by atoms with Crippen molar-refractivity contribution < 1.29 is 0 Å². The zero-order valence-electron chi connectivity index (χ0n) is 12.4. The lowest BCUT2D eigenvalue weighted by Crippen LogP contribution is -2.16. The Kier molecular flexibility index (Phi) is 4.43. The summed E-state index contributed by atoms with van der Waals surface area (Å²) in [7, 11) is 2.00. The largest absolute Gasteiger partial charge is 0.350 e. The Morgan fingerprint density at radius 3 is 2.68 bits per heavy atom. The lowest BCUT2D eigenvalue weighted by molar-refractivity contribution is 0.600. The second-order valence-corrected chi connectivity index (χ2v) is 5.07. The molecule has 0 saturated carbocycles. The Hall–Kier alpha value is -1.55. The number of rotatable bonds is 6. The van der Waals surface area contributed by atoms with Gasteiger partial charge in [-0.2, -0.15) is 5.10 Å². The molecule has 0 aromatic carbocycles. The molecule has 2 aromatic rings. The molecule has 1 N–H and O–H groups in total. The van der Waals surface area contributed by atoms with Gasteiger partial charge in [0.1, 0.15) is 0 Å². The van der Waals surface area contributed by atoms with Crippen LogP contribution in [0.4, 0.5) is 0 Å².